The molecule has 0 aromatic carbocycles. The van der Waals surface area contributed by atoms with E-state index in [1.54, 1.807) is 25.1 Å². The topological polar surface area (TPSA) is 123 Å². The monoisotopic (exact) mass is 364 g/mol. The minimum Gasteiger partial charge on any atom is -0.368 e. The van der Waals surface area contributed by atoms with E-state index in [2.05, 4.69) is 26.2 Å². The maximum absolute atomic E-state index is 9.64. The molecule has 0 aliphatic heterocycles. The Labute approximate surface area is 156 Å². The molecule has 3 aromatic heterocycles. The first-order chi connectivity index (χ1) is 12.8. The molecule has 3 aromatic rings. The van der Waals surface area contributed by atoms with Crippen LogP contribution in [0, 0.1) is 32.1 Å². The normalized spacial score (nSPS) is 11.5. The highest BCUT2D eigenvalue weighted by molar-refractivity contribution is 5.88. The number of nitrogen functional groups attached to an aromatic ring is 1. The summed E-state index contributed by atoms with van der Waals surface area (Å²) in [6.45, 7) is 5.75. The number of hydrogen-bond acceptors (Lipinski definition) is 8. The standard InChI is InChI=1S/C18H20N8O/c1-10-6-13(12(3)26(10)15-7-11(2)27-24-15)8-14(9-19)16-21-17(20)23-18(22-16)25(4)5/h6-8H,1-5H3,(H2,20,21,22,23)/b14-8+. The predicted molar refractivity (Wildman–Crippen MR) is 102 cm³/mol. The highest BCUT2D eigenvalue weighted by Gasteiger charge is 2.15. The fourth-order valence-electron chi connectivity index (χ4n) is 2.75. The second-order valence-electron chi connectivity index (χ2n) is 6.34. The number of allylic oxidation sites excluding steroid dienone is 1. The zero-order chi connectivity index (χ0) is 19.7. The van der Waals surface area contributed by atoms with E-state index < -0.39 is 0 Å². The molecule has 0 saturated carbocycles. The average Bonchev–Trinajstić information content (AvgIpc) is 3.14. The van der Waals surface area contributed by atoms with Gasteiger partial charge in [0.25, 0.3) is 0 Å². The molecule has 0 bridgehead atoms. The van der Waals surface area contributed by atoms with Crippen molar-refractivity contribution in [1.29, 1.82) is 5.26 Å². The molecule has 138 valence electrons. The summed E-state index contributed by atoms with van der Waals surface area (Å²) in [6, 6.07) is 5.97. The maximum Gasteiger partial charge on any atom is 0.230 e. The van der Waals surface area contributed by atoms with Gasteiger partial charge in [0.05, 0.1) is 5.57 Å². The lowest BCUT2D eigenvalue weighted by molar-refractivity contribution is 0.394. The van der Waals surface area contributed by atoms with E-state index in [-0.39, 0.29) is 11.8 Å². The van der Waals surface area contributed by atoms with Crippen molar-refractivity contribution in [2.75, 3.05) is 24.7 Å². The summed E-state index contributed by atoms with van der Waals surface area (Å²) in [5.41, 5.74) is 8.81. The number of aromatic nitrogens is 5. The van der Waals surface area contributed by atoms with Crippen molar-refractivity contribution in [3.8, 4) is 11.9 Å². The van der Waals surface area contributed by atoms with Crippen molar-refractivity contribution in [2.45, 2.75) is 20.8 Å². The van der Waals surface area contributed by atoms with E-state index in [0.717, 1.165) is 22.7 Å². The molecule has 27 heavy (non-hydrogen) atoms. The highest BCUT2D eigenvalue weighted by atomic mass is 16.5. The zero-order valence-electron chi connectivity index (χ0n) is 15.8. The Hall–Kier alpha value is -3.67. The molecular weight excluding hydrogens is 344 g/mol. The van der Waals surface area contributed by atoms with Gasteiger partial charge >= 0.3 is 0 Å². The van der Waals surface area contributed by atoms with Crippen molar-refractivity contribution in [3.05, 3.63) is 40.7 Å². The molecule has 0 fully saturated rings. The van der Waals surface area contributed by atoms with Crippen molar-refractivity contribution < 1.29 is 4.52 Å². The fourth-order valence-corrected chi connectivity index (χ4v) is 2.75. The SMILES string of the molecule is Cc1cc(-n2c(C)cc(/C=C(\C#N)c3nc(N)nc(N(C)C)n3)c2C)no1. The molecule has 0 atom stereocenters. The van der Waals surface area contributed by atoms with E-state index in [9.17, 15) is 5.26 Å². The lowest BCUT2D eigenvalue weighted by atomic mass is 10.1. The largest absolute Gasteiger partial charge is 0.368 e. The molecular formula is C18H20N8O. The Morgan fingerprint density at radius 1 is 1.22 bits per heavy atom. The molecule has 9 nitrogen and oxygen atoms in total. The zero-order valence-corrected chi connectivity index (χ0v) is 15.8. The van der Waals surface area contributed by atoms with Crippen LogP contribution in [0.1, 0.15) is 28.5 Å². The van der Waals surface area contributed by atoms with Crippen LogP contribution in [0.25, 0.3) is 17.5 Å². The van der Waals surface area contributed by atoms with Gasteiger partial charge in [0, 0.05) is 31.5 Å². The number of hydrogen-bond donors (Lipinski definition) is 1. The van der Waals surface area contributed by atoms with Gasteiger partial charge in [-0.15, -0.1) is 0 Å². The third-order valence-corrected chi connectivity index (χ3v) is 4.02. The van der Waals surface area contributed by atoms with Crippen molar-refractivity contribution >= 4 is 23.5 Å². The number of rotatable bonds is 4. The number of nitrogens with zero attached hydrogens (tertiary/aromatic N) is 7. The summed E-state index contributed by atoms with van der Waals surface area (Å²) < 4.78 is 7.14. The van der Waals surface area contributed by atoms with Crippen molar-refractivity contribution in [1.82, 2.24) is 24.7 Å². The van der Waals surface area contributed by atoms with Gasteiger partial charge < -0.3 is 15.2 Å². The van der Waals surface area contributed by atoms with Crippen LogP contribution in [0.4, 0.5) is 11.9 Å². The van der Waals surface area contributed by atoms with Gasteiger partial charge in [0.2, 0.25) is 11.9 Å². The average molecular weight is 364 g/mol. The summed E-state index contributed by atoms with van der Waals surface area (Å²) in [5, 5.41) is 13.7. The Balaban J connectivity index is 2.09. The van der Waals surface area contributed by atoms with Crippen LogP contribution in [0.2, 0.25) is 0 Å². The molecule has 0 saturated heterocycles. The van der Waals surface area contributed by atoms with Gasteiger partial charge in [-0.25, -0.2) is 0 Å². The first kappa shape index (κ1) is 18.1. The molecule has 9 heteroatoms. The van der Waals surface area contributed by atoms with E-state index in [1.165, 1.54) is 0 Å². The molecule has 0 spiro atoms. The number of aryl methyl sites for hydroxylation is 2. The van der Waals surface area contributed by atoms with E-state index in [4.69, 9.17) is 10.3 Å². The summed E-state index contributed by atoms with van der Waals surface area (Å²) in [4.78, 5) is 14.2. The quantitative estimate of drug-likeness (QED) is 0.700. The fraction of sp³-hybridized carbons (Fsp3) is 0.278. The molecule has 0 amide bonds. The summed E-state index contributed by atoms with van der Waals surface area (Å²) >= 11 is 0. The molecule has 0 unspecified atom stereocenters. The van der Waals surface area contributed by atoms with Gasteiger partial charge in [-0.05, 0) is 38.5 Å². The van der Waals surface area contributed by atoms with Gasteiger partial charge in [0.1, 0.15) is 11.8 Å². The Kier molecular flexibility index (Phi) is 4.64. The minimum atomic E-state index is 0.0633. The van der Waals surface area contributed by atoms with E-state index >= 15 is 0 Å². The molecule has 0 radical (unpaired) electrons. The van der Waals surface area contributed by atoms with Crippen molar-refractivity contribution in [2.24, 2.45) is 0 Å². The van der Waals surface area contributed by atoms with Crippen molar-refractivity contribution in [3.63, 3.8) is 0 Å². The smallest absolute Gasteiger partial charge is 0.230 e. The number of nitrogens with two attached hydrogens (primary N) is 1. The Bertz CT molecular complexity index is 1070. The molecule has 2 N–H and O–H groups in total. The molecule has 3 heterocycles. The van der Waals surface area contributed by atoms with Crippen LogP contribution in [0.3, 0.4) is 0 Å². The van der Waals surface area contributed by atoms with Crippen LogP contribution in [0.5, 0.6) is 0 Å². The van der Waals surface area contributed by atoms with Gasteiger partial charge in [-0.3, -0.25) is 4.57 Å². The van der Waals surface area contributed by atoms with E-state index in [1.807, 2.05) is 37.5 Å². The van der Waals surface area contributed by atoms with E-state index in [0.29, 0.717) is 17.3 Å². The number of nitriles is 1. The van der Waals surface area contributed by atoms with Crippen LogP contribution in [-0.4, -0.2) is 38.8 Å². The summed E-state index contributed by atoms with van der Waals surface area (Å²) in [7, 11) is 3.59. The maximum atomic E-state index is 9.64. The predicted octanol–water partition coefficient (Wildman–Crippen LogP) is 2.29. The molecule has 0 aliphatic rings. The van der Waals surface area contributed by atoms with Crippen LogP contribution in [0.15, 0.2) is 16.7 Å². The Morgan fingerprint density at radius 3 is 2.56 bits per heavy atom. The van der Waals surface area contributed by atoms with Crippen LogP contribution in [-0.2, 0) is 0 Å². The molecule has 3 rings (SSSR count). The highest BCUT2D eigenvalue weighted by Crippen LogP contribution is 2.24. The first-order valence-electron chi connectivity index (χ1n) is 8.24. The van der Waals surface area contributed by atoms with Gasteiger partial charge in [-0.2, -0.15) is 20.2 Å². The van der Waals surface area contributed by atoms with Gasteiger partial charge in [-0.1, -0.05) is 5.16 Å². The second kappa shape index (κ2) is 6.92. The lowest BCUT2D eigenvalue weighted by Gasteiger charge is -2.11. The minimum absolute atomic E-state index is 0.0633. The van der Waals surface area contributed by atoms with Crippen LogP contribution < -0.4 is 10.6 Å². The number of anilines is 2. The third-order valence-electron chi connectivity index (χ3n) is 4.02. The molecule has 0 aliphatic carbocycles. The second-order valence-corrected chi connectivity index (χ2v) is 6.34. The summed E-state index contributed by atoms with van der Waals surface area (Å²) in [6.07, 6.45) is 1.74. The van der Waals surface area contributed by atoms with Gasteiger partial charge in [0.15, 0.2) is 11.6 Å². The summed E-state index contributed by atoms with van der Waals surface area (Å²) in [5.74, 6) is 2.11. The lowest BCUT2D eigenvalue weighted by Crippen LogP contribution is -2.15. The third kappa shape index (κ3) is 3.50. The van der Waals surface area contributed by atoms with Crippen LogP contribution >= 0.6 is 0 Å². The Morgan fingerprint density at radius 2 is 1.96 bits per heavy atom. The first-order valence-corrected chi connectivity index (χ1v) is 8.24.